The summed E-state index contributed by atoms with van der Waals surface area (Å²) in [5.41, 5.74) is 1.95. The summed E-state index contributed by atoms with van der Waals surface area (Å²) in [5.74, 6) is -0.0382. The Morgan fingerprint density at radius 3 is 2.42 bits per heavy atom. The zero-order valence-corrected chi connectivity index (χ0v) is 18.2. The molecule has 0 aliphatic carbocycles. The minimum Gasteiger partial charge on any atom is -0.495 e. The first kappa shape index (κ1) is 21.0. The number of benzene rings is 3. The number of carbonyl (C=O) groups excluding carboxylic acids is 1. The van der Waals surface area contributed by atoms with Gasteiger partial charge in [-0.2, -0.15) is 0 Å². The zero-order chi connectivity index (χ0) is 22.0. The number of allylic oxidation sites excluding steroid dienone is 1. The molecule has 4 rings (SSSR count). The maximum absolute atomic E-state index is 13.5. The number of ether oxygens (including phenoxy) is 1. The van der Waals surface area contributed by atoms with E-state index >= 15 is 0 Å². The Hall–Kier alpha value is -3.29. The van der Waals surface area contributed by atoms with E-state index in [-0.39, 0.29) is 11.4 Å². The second-order valence-corrected chi connectivity index (χ2v) is 9.10. The highest BCUT2D eigenvalue weighted by atomic mass is 35.5. The van der Waals surface area contributed by atoms with Crippen LogP contribution in [0, 0.1) is 0 Å². The third kappa shape index (κ3) is 4.02. The predicted octanol–water partition coefficient (Wildman–Crippen LogP) is 4.83. The van der Waals surface area contributed by atoms with Gasteiger partial charge in [-0.1, -0.05) is 48.0 Å². The highest BCUT2D eigenvalue weighted by Gasteiger charge is 2.40. The normalized spacial score (nSPS) is 16.1. The molecule has 6 nitrogen and oxygen atoms in total. The average molecular weight is 455 g/mol. The van der Waals surface area contributed by atoms with Crippen LogP contribution in [0.25, 0.3) is 0 Å². The fourth-order valence-corrected chi connectivity index (χ4v) is 5.01. The summed E-state index contributed by atoms with van der Waals surface area (Å²) in [6.07, 6.45) is 1.22. The summed E-state index contributed by atoms with van der Waals surface area (Å²) >= 11 is 5.95. The molecule has 1 aliphatic rings. The third-order valence-corrected chi connectivity index (χ3v) is 6.93. The number of hydrogen-bond acceptors (Lipinski definition) is 5. The quantitative estimate of drug-likeness (QED) is 0.558. The molecule has 158 valence electrons. The molecule has 0 bridgehead atoms. The van der Waals surface area contributed by atoms with Gasteiger partial charge in [-0.15, -0.1) is 0 Å². The number of hydrogen-bond donors (Lipinski definition) is 1. The van der Waals surface area contributed by atoms with Crippen LogP contribution in [0.15, 0.2) is 83.9 Å². The Morgan fingerprint density at radius 2 is 1.68 bits per heavy atom. The Labute approximate surface area is 185 Å². The molecule has 0 saturated heterocycles. The smallest absolute Gasteiger partial charge is 0.270 e. The number of fused-ring (bicyclic) bond motifs is 1. The highest BCUT2D eigenvalue weighted by Crippen LogP contribution is 2.36. The molecule has 0 spiro atoms. The number of ketones is 1. The summed E-state index contributed by atoms with van der Waals surface area (Å²) in [7, 11) is -2.60. The van der Waals surface area contributed by atoms with Gasteiger partial charge in [-0.05, 0) is 42.0 Å². The van der Waals surface area contributed by atoms with E-state index in [9.17, 15) is 13.2 Å². The van der Waals surface area contributed by atoms with E-state index < -0.39 is 15.8 Å². The van der Waals surface area contributed by atoms with E-state index in [2.05, 4.69) is 5.32 Å². The summed E-state index contributed by atoms with van der Waals surface area (Å²) in [4.78, 5) is 12.7. The first-order chi connectivity index (χ1) is 14.9. The Balaban J connectivity index is 1.78. The maximum Gasteiger partial charge on any atom is 0.270 e. The minimum absolute atomic E-state index is 0.0653. The van der Waals surface area contributed by atoms with Crippen LogP contribution in [0.2, 0.25) is 5.02 Å². The number of para-hydroxylation sites is 3. The molecule has 31 heavy (non-hydrogen) atoms. The molecule has 0 radical (unpaired) electrons. The van der Waals surface area contributed by atoms with Crippen molar-refractivity contribution >= 4 is 38.8 Å². The number of anilines is 2. The number of nitrogens with zero attached hydrogens (tertiary/aromatic N) is 1. The Morgan fingerprint density at radius 1 is 1.00 bits per heavy atom. The minimum atomic E-state index is -4.12. The standard InChI is InChI=1S/C23H19ClN2O4S/c1-30-21-9-5-3-7-19(21)25-14-22-23(27)18-6-2-4-8-20(18)26(31(22,28)29)15-16-10-12-17(24)13-11-16/h2-14,25H,15H2,1H3/b22-14-. The fourth-order valence-electron chi connectivity index (χ4n) is 3.35. The van der Waals surface area contributed by atoms with Gasteiger partial charge in [0.2, 0.25) is 5.78 Å². The van der Waals surface area contributed by atoms with Crippen molar-refractivity contribution < 1.29 is 17.9 Å². The number of halogens is 1. The zero-order valence-electron chi connectivity index (χ0n) is 16.6. The van der Waals surface area contributed by atoms with E-state index in [1.165, 1.54) is 17.6 Å². The van der Waals surface area contributed by atoms with Crippen molar-refractivity contribution in [3.63, 3.8) is 0 Å². The number of carbonyl (C=O) groups is 1. The molecule has 0 amide bonds. The van der Waals surface area contributed by atoms with Gasteiger partial charge in [0, 0.05) is 16.8 Å². The SMILES string of the molecule is COc1ccccc1N/C=C1/C(=O)c2ccccc2N(Cc2ccc(Cl)cc2)S1(=O)=O. The topological polar surface area (TPSA) is 75.7 Å². The molecular weight excluding hydrogens is 436 g/mol. The molecule has 0 fully saturated rings. The van der Waals surface area contributed by atoms with Crippen LogP contribution in [0.1, 0.15) is 15.9 Å². The van der Waals surface area contributed by atoms with Gasteiger partial charge in [0.15, 0.2) is 4.91 Å². The average Bonchev–Trinajstić information content (AvgIpc) is 2.78. The molecule has 0 atom stereocenters. The largest absolute Gasteiger partial charge is 0.495 e. The lowest BCUT2D eigenvalue weighted by Crippen LogP contribution is -2.39. The van der Waals surface area contributed by atoms with E-state index in [0.29, 0.717) is 27.7 Å². The summed E-state index contributed by atoms with van der Waals surface area (Å²) in [6, 6.07) is 20.6. The summed E-state index contributed by atoms with van der Waals surface area (Å²) in [5, 5.41) is 3.47. The number of nitrogens with one attached hydrogen (secondary N) is 1. The molecular formula is C23H19ClN2O4S. The number of methoxy groups -OCH3 is 1. The van der Waals surface area contributed by atoms with Crippen LogP contribution in [0.5, 0.6) is 5.75 Å². The van der Waals surface area contributed by atoms with Gasteiger partial charge in [0.05, 0.1) is 25.0 Å². The molecule has 0 unspecified atom stereocenters. The van der Waals surface area contributed by atoms with Gasteiger partial charge < -0.3 is 10.1 Å². The molecule has 3 aromatic carbocycles. The lowest BCUT2D eigenvalue weighted by Gasteiger charge is -2.31. The van der Waals surface area contributed by atoms with Crippen molar-refractivity contribution in [1.29, 1.82) is 0 Å². The molecule has 1 N–H and O–H groups in total. The van der Waals surface area contributed by atoms with Crippen LogP contribution in [0.4, 0.5) is 11.4 Å². The van der Waals surface area contributed by atoms with Crippen LogP contribution in [-0.4, -0.2) is 21.3 Å². The summed E-state index contributed by atoms with van der Waals surface area (Å²) in [6.45, 7) is 0.0653. The van der Waals surface area contributed by atoms with Gasteiger partial charge in [-0.3, -0.25) is 9.10 Å². The molecule has 3 aromatic rings. The predicted molar refractivity (Wildman–Crippen MR) is 122 cm³/mol. The van der Waals surface area contributed by atoms with E-state index in [0.717, 1.165) is 5.56 Å². The van der Waals surface area contributed by atoms with Crippen molar-refractivity contribution in [2.45, 2.75) is 6.54 Å². The Bertz CT molecular complexity index is 1270. The molecule has 1 aliphatic heterocycles. The van der Waals surface area contributed by atoms with Crippen LogP contribution in [0.3, 0.4) is 0 Å². The maximum atomic E-state index is 13.5. The van der Waals surface area contributed by atoms with Gasteiger partial charge in [0.1, 0.15) is 5.75 Å². The van der Waals surface area contributed by atoms with Crippen molar-refractivity contribution in [1.82, 2.24) is 0 Å². The number of Topliss-reactive ketones (excluding diaryl/α,β-unsaturated/α-hetero) is 1. The van der Waals surface area contributed by atoms with Gasteiger partial charge in [0.25, 0.3) is 10.0 Å². The third-order valence-electron chi connectivity index (χ3n) is 4.91. The first-order valence-corrected chi connectivity index (χ1v) is 11.2. The van der Waals surface area contributed by atoms with Gasteiger partial charge in [-0.25, -0.2) is 8.42 Å². The second kappa shape index (κ2) is 8.45. The van der Waals surface area contributed by atoms with E-state index in [1.807, 2.05) is 0 Å². The van der Waals surface area contributed by atoms with Crippen LogP contribution < -0.4 is 14.4 Å². The van der Waals surface area contributed by atoms with Crippen molar-refractivity contribution in [2.24, 2.45) is 0 Å². The highest BCUT2D eigenvalue weighted by molar-refractivity contribution is 7.97. The van der Waals surface area contributed by atoms with Crippen molar-refractivity contribution in [3.8, 4) is 5.75 Å². The molecule has 0 saturated carbocycles. The second-order valence-electron chi connectivity index (χ2n) is 6.84. The van der Waals surface area contributed by atoms with E-state index in [1.54, 1.807) is 72.8 Å². The fraction of sp³-hybridized carbons (Fsp3) is 0.0870. The first-order valence-electron chi connectivity index (χ1n) is 9.42. The Kier molecular flexibility index (Phi) is 5.71. The van der Waals surface area contributed by atoms with E-state index in [4.69, 9.17) is 16.3 Å². The summed E-state index contributed by atoms with van der Waals surface area (Å²) < 4.78 is 33.5. The van der Waals surface area contributed by atoms with Crippen molar-refractivity contribution in [3.05, 3.63) is 100 Å². The molecule has 1 heterocycles. The van der Waals surface area contributed by atoms with Gasteiger partial charge >= 0.3 is 0 Å². The number of sulfonamides is 1. The molecule has 8 heteroatoms. The van der Waals surface area contributed by atoms with Crippen LogP contribution >= 0.6 is 11.6 Å². The van der Waals surface area contributed by atoms with Crippen molar-refractivity contribution in [2.75, 3.05) is 16.7 Å². The molecule has 0 aromatic heterocycles. The monoisotopic (exact) mass is 454 g/mol. The lowest BCUT2D eigenvalue weighted by molar-refractivity contribution is 0.104. The lowest BCUT2D eigenvalue weighted by atomic mass is 10.1. The van der Waals surface area contributed by atoms with Crippen LogP contribution in [-0.2, 0) is 16.6 Å². The number of rotatable bonds is 5.